The van der Waals surface area contributed by atoms with Gasteiger partial charge >= 0.3 is 0 Å². The molecule has 5 nitrogen and oxygen atoms in total. The molecule has 2 heterocycles. The molecule has 0 fully saturated rings. The largest absolute Gasteiger partial charge is 0.345 e. The first-order chi connectivity index (χ1) is 8.93. The van der Waals surface area contributed by atoms with Gasteiger partial charge in [-0.3, -0.25) is 0 Å². The molecule has 2 aromatic heterocycles. The van der Waals surface area contributed by atoms with Gasteiger partial charge in [0.25, 0.3) is 0 Å². The van der Waals surface area contributed by atoms with Crippen molar-refractivity contribution in [2.45, 2.75) is 0 Å². The number of nitrogens with zero attached hydrogens (tertiary/aromatic N) is 3. The summed E-state index contributed by atoms with van der Waals surface area (Å²) >= 11 is 0. The van der Waals surface area contributed by atoms with Crippen molar-refractivity contribution in [2.75, 3.05) is 5.32 Å². The lowest BCUT2D eigenvalue weighted by atomic mass is 10.2. The summed E-state index contributed by atoms with van der Waals surface area (Å²) in [6, 6.07) is 10.0. The molecule has 3 aromatic rings. The fourth-order valence-electron chi connectivity index (χ4n) is 1.65. The van der Waals surface area contributed by atoms with E-state index in [-0.39, 0.29) is 0 Å². The van der Waals surface area contributed by atoms with Gasteiger partial charge in [-0.25, -0.2) is 15.0 Å². The Bertz CT molecular complexity index is 672. The van der Waals surface area contributed by atoms with Gasteiger partial charge in [0.15, 0.2) is 17.0 Å². The zero-order chi connectivity index (χ0) is 12.2. The molecule has 0 amide bonds. The van der Waals surface area contributed by atoms with E-state index in [9.17, 15) is 0 Å². The highest BCUT2D eigenvalue weighted by molar-refractivity contribution is 5.82. The number of benzene rings is 1. The van der Waals surface area contributed by atoms with E-state index in [4.69, 9.17) is 0 Å². The molecule has 18 heavy (non-hydrogen) atoms. The SMILES string of the molecule is C(=C\c1ccccc1)/Nc1ncnc2[nH]cnc12. The number of hydrogen-bond donors (Lipinski definition) is 2. The van der Waals surface area contributed by atoms with Crippen molar-refractivity contribution in [1.29, 1.82) is 0 Å². The van der Waals surface area contributed by atoms with E-state index in [1.165, 1.54) is 6.33 Å². The lowest BCUT2D eigenvalue weighted by Crippen LogP contribution is -1.93. The number of imidazole rings is 1. The van der Waals surface area contributed by atoms with Crippen LogP contribution >= 0.6 is 0 Å². The van der Waals surface area contributed by atoms with E-state index in [2.05, 4.69) is 25.3 Å². The number of rotatable bonds is 3. The molecule has 5 heteroatoms. The summed E-state index contributed by atoms with van der Waals surface area (Å²) in [5.41, 5.74) is 2.58. The summed E-state index contributed by atoms with van der Waals surface area (Å²) in [5, 5.41) is 3.11. The van der Waals surface area contributed by atoms with Crippen molar-refractivity contribution in [3.05, 3.63) is 54.7 Å². The van der Waals surface area contributed by atoms with Gasteiger partial charge in [-0.2, -0.15) is 0 Å². The van der Waals surface area contributed by atoms with Crippen LogP contribution in [0.2, 0.25) is 0 Å². The van der Waals surface area contributed by atoms with Gasteiger partial charge in [-0.1, -0.05) is 30.3 Å². The van der Waals surface area contributed by atoms with Gasteiger partial charge in [-0.05, 0) is 11.6 Å². The second-order valence-corrected chi connectivity index (χ2v) is 3.71. The molecule has 88 valence electrons. The summed E-state index contributed by atoms with van der Waals surface area (Å²) in [5.74, 6) is 0.688. The molecule has 0 bridgehead atoms. The van der Waals surface area contributed by atoms with E-state index < -0.39 is 0 Å². The number of anilines is 1. The molecule has 0 saturated heterocycles. The Balaban J connectivity index is 1.81. The minimum atomic E-state index is 0.688. The van der Waals surface area contributed by atoms with Crippen LogP contribution in [0, 0.1) is 0 Å². The average Bonchev–Trinajstić information content (AvgIpc) is 2.89. The molecule has 2 N–H and O–H groups in total. The molecule has 0 aliphatic rings. The predicted octanol–water partition coefficient (Wildman–Crippen LogP) is 2.44. The molecule has 0 spiro atoms. The summed E-state index contributed by atoms with van der Waals surface area (Å²) in [6.07, 6.45) is 6.91. The molecule has 3 rings (SSSR count). The Morgan fingerprint density at radius 3 is 2.83 bits per heavy atom. The van der Waals surface area contributed by atoms with E-state index in [0.717, 1.165) is 16.7 Å². The highest BCUT2D eigenvalue weighted by Crippen LogP contribution is 2.14. The summed E-state index contributed by atoms with van der Waals surface area (Å²) in [6.45, 7) is 0. The van der Waals surface area contributed by atoms with Crippen LogP contribution in [0.4, 0.5) is 5.82 Å². The standard InChI is InChI=1S/C13H11N5/c1-2-4-10(5-3-1)6-7-14-12-11-13(16-8-15-11)18-9-17-12/h1-9H,(H2,14,15,16,17,18)/b7-6+. The predicted molar refractivity (Wildman–Crippen MR) is 70.8 cm³/mol. The number of hydrogen-bond acceptors (Lipinski definition) is 4. The maximum Gasteiger partial charge on any atom is 0.162 e. The van der Waals surface area contributed by atoms with E-state index in [1.54, 1.807) is 6.33 Å². The van der Waals surface area contributed by atoms with Gasteiger partial charge < -0.3 is 10.3 Å². The first-order valence-corrected chi connectivity index (χ1v) is 5.56. The number of H-pyrrole nitrogens is 1. The van der Waals surface area contributed by atoms with Crippen molar-refractivity contribution >= 4 is 23.1 Å². The first kappa shape index (κ1) is 10.5. The minimum Gasteiger partial charge on any atom is -0.345 e. The molecule has 0 radical (unpaired) electrons. The highest BCUT2D eigenvalue weighted by atomic mass is 15.1. The van der Waals surface area contributed by atoms with E-state index >= 15 is 0 Å². The number of aromatic nitrogens is 4. The van der Waals surface area contributed by atoms with Crippen molar-refractivity contribution in [2.24, 2.45) is 0 Å². The maximum atomic E-state index is 4.17. The van der Waals surface area contributed by atoms with Gasteiger partial charge in [0, 0.05) is 6.20 Å². The highest BCUT2D eigenvalue weighted by Gasteiger charge is 2.03. The van der Waals surface area contributed by atoms with E-state index in [0.29, 0.717) is 5.82 Å². The number of aromatic amines is 1. The van der Waals surface area contributed by atoms with Crippen LogP contribution in [0.1, 0.15) is 5.56 Å². The van der Waals surface area contributed by atoms with Crippen LogP contribution < -0.4 is 5.32 Å². The molecular weight excluding hydrogens is 226 g/mol. The first-order valence-electron chi connectivity index (χ1n) is 5.56. The molecule has 0 unspecified atom stereocenters. The second kappa shape index (κ2) is 4.67. The summed E-state index contributed by atoms with van der Waals surface area (Å²) in [4.78, 5) is 15.3. The Hall–Kier alpha value is -2.69. The Morgan fingerprint density at radius 2 is 1.94 bits per heavy atom. The Morgan fingerprint density at radius 1 is 1.06 bits per heavy atom. The summed E-state index contributed by atoms with van der Waals surface area (Å²) in [7, 11) is 0. The van der Waals surface area contributed by atoms with Gasteiger partial charge in [0.2, 0.25) is 0 Å². The normalized spacial score (nSPS) is 11.1. The van der Waals surface area contributed by atoms with Gasteiger partial charge in [-0.15, -0.1) is 0 Å². The van der Waals surface area contributed by atoms with Crippen molar-refractivity contribution < 1.29 is 0 Å². The molecule has 0 atom stereocenters. The molecule has 0 aliphatic heterocycles. The fourth-order valence-corrected chi connectivity index (χ4v) is 1.65. The topological polar surface area (TPSA) is 66.5 Å². The van der Waals surface area contributed by atoms with Crippen LogP contribution in [0.25, 0.3) is 17.2 Å². The maximum absolute atomic E-state index is 4.17. The van der Waals surface area contributed by atoms with E-state index in [1.807, 2.05) is 42.6 Å². The molecule has 0 aliphatic carbocycles. The molecular formula is C13H11N5. The zero-order valence-corrected chi connectivity index (χ0v) is 9.54. The lowest BCUT2D eigenvalue weighted by molar-refractivity contribution is 1.20. The third kappa shape index (κ3) is 2.06. The monoisotopic (exact) mass is 237 g/mol. The number of nitrogens with one attached hydrogen (secondary N) is 2. The lowest BCUT2D eigenvalue weighted by Gasteiger charge is -1.99. The molecule has 1 aromatic carbocycles. The quantitative estimate of drug-likeness (QED) is 0.734. The molecule has 0 saturated carbocycles. The van der Waals surface area contributed by atoms with Crippen LogP contribution in [-0.2, 0) is 0 Å². The van der Waals surface area contributed by atoms with Crippen molar-refractivity contribution in [3.63, 3.8) is 0 Å². The van der Waals surface area contributed by atoms with Crippen LogP contribution in [0.3, 0.4) is 0 Å². The number of fused-ring (bicyclic) bond motifs is 1. The van der Waals surface area contributed by atoms with Crippen LogP contribution in [0.15, 0.2) is 49.2 Å². The third-order valence-electron chi connectivity index (χ3n) is 2.51. The van der Waals surface area contributed by atoms with Gasteiger partial charge in [0.1, 0.15) is 6.33 Å². The third-order valence-corrected chi connectivity index (χ3v) is 2.51. The van der Waals surface area contributed by atoms with Gasteiger partial charge in [0.05, 0.1) is 6.33 Å². The van der Waals surface area contributed by atoms with Crippen molar-refractivity contribution in [3.8, 4) is 0 Å². The van der Waals surface area contributed by atoms with Crippen LogP contribution in [0.5, 0.6) is 0 Å². The zero-order valence-electron chi connectivity index (χ0n) is 9.54. The smallest absolute Gasteiger partial charge is 0.162 e. The fraction of sp³-hybridized carbons (Fsp3) is 0. The Kier molecular flexibility index (Phi) is 2.71. The van der Waals surface area contributed by atoms with Crippen LogP contribution in [-0.4, -0.2) is 19.9 Å². The average molecular weight is 237 g/mol. The second-order valence-electron chi connectivity index (χ2n) is 3.71. The van der Waals surface area contributed by atoms with Crippen molar-refractivity contribution in [1.82, 2.24) is 19.9 Å². The minimum absolute atomic E-state index is 0.688. The summed E-state index contributed by atoms with van der Waals surface area (Å²) < 4.78 is 0. The Labute approximate surface area is 104 Å².